The largest absolute Gasteiger partial charge is 0.399 e. The number of non-ortho nitro benzene ring substituents is 3. The van der Waals surface area contributed by atoms with Crippen LogP contribution in [0.1, 0.15) is 80.0 Å². The summed E-state index contributed by atoms with van der Waals surface area (Å²) < 4.78 is 0. The number of benzene rings is 4. The highest BCUT2D eigenvalue weighted by atomic mass is 35.5. The summed E-state index contributed by atoms with van der Waals surface area (Å²) in [5, 5.41) is 49.5. The number of aliphatic hydroxyl groups is 2. The van der Waals surface area contributed by atoms with Gasteiger partial charge in [-0.25, -0.2) is 0 Å². The van der Waals surface area contributed by atoms with E-state index < -0.39 is 20.0 Å². The van der Waals surface area contributed by atoms with Gasteiger partial charge in [-0.2, -0.15) is 0 Å². The Hall–Kier alpha value is -7.16. The van der Waals surface area contributed by atoms with E-state index in [-0.39, 0.29) is 58.3 Å². The van der Waals surface area contributed by atoms with Crippen molar-refractivity contribution in [2.45, 2.75) is 50.7 Å². The number of piperidine rings is 3. The highest BCUT2D eigenvalue weighted by molar-refractivity contribution is 6.67. The molecule has 4 N–H and O–H groups in total. The number of anilines is 1. The van der Waals surface area contributed by atoms with Gasteiger partial charge < -0.3 is 30.6 Å². The van der Waals surface area contributed by atoms with Gasteiger partial charge in [-0.05, 0) is 73.7 Å². The quantitative estimate of drug-likeness (QED) is 0.0902. The molecule has 4 aromatic rings. The highest BCUT2D eigenvalue weighted by Gasteiger charge is 2.25. The summed E-state index contributed by atoms with van der Waals surface area (Å²) >= 11 is 5.12. The Bertz CT molecular complexity index is 2310. The van der Waals surface area contributed by atoms with Crippen LogP contribution in [-0.4, -0.2) is 120 Å². The zero-order valence-corrected chi connectivity index (χ0v) is 35.2. The van der Waals surface area contributed by atoms with Gasteiger partial charge in [0, 0.05) is 116 Å². The number of carbonyl (C=O) groups excluding carboxylic acids is 5. The average Bonchev–Trinajstić information content (AvgIpc) is 3.30. The minimum Gasteiger partial charge on any atom is -0.399 e. The van der Waals surface area contributed by atoms with Crippen LogP contribution in [0.15, 0.2) is 97.1 Å². The van der Waals surface area contributed by atoms with E-state index in [2.05, 4.69) is 0 Å². The van der Waals surface area contributed by atoms with Crippen LogP contribution in [0.5, 0.6) is 0 Å². The minimum absolute atomic E-state index is 0.000741. The number of carbonyl (C=O) groups is 5. The van der Waals surface area contributed by atoms with Crippen molar-refractivity contribution in [2.75, 3.05) is 45.0 Å². The molecule has 338 valence electrons. The average molecular weight is 904 g/mol. The van der Waals surface area contributed by atoms with Crippen LogP contribution in [0.2, 0.25) is 0 Å². The number of nitrogens with two attached hydrogens (primary N) is 1. The third kappa shape index (κ3) is 15.0. The predicted molar refractivity (Wildman–Crippen MR) is 233 cm³/mol. The number of amides is 3. The molecule has 0 bridgehead atoms. The Morgan fingerprint density at radius 1 is 0.531 bits per heavy atom. The first-order valence-electron chi connectivity index (χ1n) is 20.0. The van der Waals surface area contributed by atoms with Crippen LogP contribution in [0.3, 0.4) is 0 Å². The summed E-state index contributed by atoms with van der Waals surface area (Å²) in [5.41, 5.74) is 7.27. The first-order chi connectivity index (χ1) is 30.4. The maximum Gasteiger partial charge on any atom is 0.270 e. The summed E-state index contributed by atoms with van der Waals surface area (Å²) in [6.07, 6.45) is 2.55. The number of nitrogen functional groups attached to an aromatic ring is 1. The van der Waals surface area contributed by atoms with Crippen molar-refractivity contribution in [3.05, 3.63) is 150 Å². The molecule has 0 spiro atoms. The van der Waals surface area contributed by atoms with Gasteiger partial charge in [0.05, 0.1) is 27.0 Å². The number of aliphatic hydroxyl groups excluding tert-OH is 2. The fourth-order valence-electron chi connectivity index (χ4n) is 6.56. The van der Waals surface area contributed by atoms with E-state index in [1.807, 2.05) is 0 Å². The van der Waals surface area contributed by atoms with Gasteiger partial charge in [0.15, 0.2) is 0 Å². The van der Waals surface area contributed by atoms with Crippen molar-refractivity contribution < 1.29 is 49.0 Å². The monoisotopic (exact) mass is 903 g/mol. The van der Waals surface area contributed by atoms with E-state index in [1.165, 1.54) is 54.6 Å². The molecule has 0 unspecified atom stereocenters. The Morgan fingerprint density at radius 3 is 1.19 bits per heavy atom. The van der Waals surface area contributed by atoms with Crippen molar-refractivity contribution in [2.24, 2.45) is 0 Å². The third-order valence-electron chi connectivity index (χ3n) is 10.1. The lowest BCUT2D eigenvalue weighted by atomic mass is 10.1. The first-order valence-corrected chi connectivity index (χ1v) is 20.4. The fraction of sp³-hybridized carbons (Fsp3) is 0.326. The van der Waals surface area contributed by atoms with Crippen molar-refractivity contribution >= 4 is 63.1 Å². The van der Waals surface area contributed by atoms with Crippen molar-refractivity contribution in [3.63, 3.8) is 0 Å². The highest BCUT2D eigenvalue weighted by Crippen LogP contribution is 2.20. The van der Waals surface area contributed by atoms with E-state index in [0.717, 1.165) is 6.07 Å². The molecule has 21 heteroatoms. The number of nitro groups is 3. The molecule has 0 atom stereocenters. The second-order valence-electron chi connectivity index (χ2n) is 14.7. The first kappa shape index (κ1) is 49.5. The number of nitrogens with zero attached hydrogens (tertiary/aromatic N) is 6. The molecule has 20 nitrogen and oxygen atoms in total. The SMILES string of the molecule is Nc1cccc(C(=O)N2CCC(O)CC2)c1.O=C(Cl)c1cccc([N+](=O)[O-])c1.O=C(c1cccc([N+](=O)[O-])c1)N1CCC(O)CC1.O=C1CCN(C(=O)c2cccc([N+](=O)[O-])c2)CC1. The number of nitro benzene ring substituents is 3. The summed E-state index contributed by atoms with van der Waals surface area (Å²) in [6, 6.07) is 23.6. The van der Waals surface area contributed by atoms with E-state index in [9.17, 15) is 64.5 Å². The van der Waals surface area contributed by atoms with E-state index in [0.29, 0.717) is 100 Å². The lowest BCUT2D eigenvalue weighted by Crippen LogP contribution is -2.40. The number of hydrogen-bond acceptors (Lipinski definition) is 14. The van der Waals surface area contributed by atoms with Gasteiger partial charge in [-0.1, -0.05) is 24.3 Å². The number of likely N-dealkylation sites (tertiary alicyclic amines) is 3. The number of ketones is 1. The molecule has 3 saturated heterocycles. The maximum absolute atomic E-state index is 12.1. The molecule has 0 radical (unpaired) electrons. The smallest absolute Gasteiger partial charge is 0.270 e. The van der Waals surface area contributed by atoms with Crippen LogP contribution >= 0.6 is 11.6 Å². The van der Waals surface area contributed by atoms with Gasteiger partial charge in [-0.3, -0.25) is 54.3 Å². The predicted octanol–water partition coefficient (Wildman–Crippen LogP) is 5.43. The molecule has 3 aliphatic heterocycles. The molecule has 0 aliphatic carbocycles. The molecule has 0 saturated carbocycles. The van der Waals surface area contributed by atoms with Gasteiger partial charge in [0.1, 0.15) is 5.78 Å². The fourth-order valence-corrected chi connectivity index (χ4v) is 6.68. The summed E-state index contributed by atoms with van der Waals surface area (Å²) in [4.78, 5) is 92.7. The summed E-state index contributed by atoms with van der Waals surface area (Å²) in [7, 11) is 0. The summed E-state index contributed by atoms with van der Waals surface area (Å²) in [6.45, 7) is 3.00. The van der Waals surface area contributed by atoms with Crippen LogP contribution in [0, 0.1) is 30.3 Å². The van der Waals surface area contributed by atoms with Crippen LogP contribution in [-0.2, 0) is 4.79 Å². The molecule has 3 aliphatic rings. The number of hydrogen-bond donors (Lipinski definition) is 3. The van der Waals surface area contributed by atoms with Crippen molar-refractivity contribution in [3.8, 4) is 0 Å². The van der Waals surface area contributed by atoms with Crippen molar-refractivity contribution in [1.29, 1.82) is 0 Å². The lowest BCUT2D eigenvalue weighted by Gasteiger charge is -2.29. The molecule has 7 rings (SSSR count). The number of halogens is 1. The van der Waals surface area contributed by atoms with Crippen LogP contribution in [0.25, 0.3) is 0 Å². The summed E-state index contributed by atoms with van der Waals surface area (Å²) in [5.74, 6) is -0.325. The second kappa shape index (κ2) is 23.9. The molecule has 0 aromatic heterocycles. The normalized spacial score (nSPS) is 15.2. The Morgan fingerprint density at radius 2 is 0.844 bits per heavy atom. The molecule has 3 fully saturated rings. The van der Waals surface area contributed by atoms with Gasteiger partial charge in [-0.15, -0.1) is 0 Å². The Balaban J connectivity index is 0.000000189. The van der Waals surface area contributed by atoms with E-state index in [4.69, 9.17) is 17.3 Å². The van der Waals surface area contributed by atoms with Gasteiger partial charge in [0.25, 0.3) is 40.0 Å². The zero-order chi connectivity index (χ0) is 46.9. The second-order valence-corrected chi connectivity index (χ2v) is 15.0. The maximum atomic E-state index is 12.1. The molecule has 4 aromatic carbocycles. The lowest BCUT2D eigenvalue weighted by molar-refractivity contribution is -0.385. The Labute approximate surface area is 371 Å². The molecule has 3 amide bonds. The standard InChI is InChI=1S/C12H14N2O4.C12H12N2O4.C12H16N2O2.C7H4ClNO3/c2*15-11-4-6-13(7-5-11)12(16)9-2-1-3-10(8-9)14(17)18;13-10-3-1-2-9(8-10)12(16)14-6-4-11(15)5-7-14;8-7(10)5-2-1-3-6(4-5)9(11)12/h1-3,8,11,15H,4-7H2;1-3,8H,4-7H2;1-3,8,11,15H,4-7,13H2;1-4H. The van der Waals surface area contributed by atoms with Crippen LogP contribution < -0.4 is 5.73 Å². The Kier molecular flexibility index (Phi) is 18.5. The number of Topliss-reactive ketones (excluding diaryl/α,β-unsaturated/α-hetero) is 1. The molecular weight excluding hydrogens is 858 g/mol. The zero-order valence-electron chi connectivity index (χ0n) is 34.4. The topological polar surface area (TPSA) is 291 Å². The third-order valence-corrected chi connectivity index (χ3v) is 10.4. The van der Waals surface area contributed by atoms with E-state index >= 15 is 0 Å². The molecule has 3 heterocycles. The van der Waals surface area contributed by atoms with Crippen molar-refractivity contribution in [1.82, 2.24) is 14.7 Å². The molecule has 64 heavy (non-hydrogen) atoms. The van der Waals surface area contributed by atoms with Gasteiger partial charge >= 0.3 is 0 Å². The van der Waals surface area contributed by atoms with Crippen LogP contribution in [0.4, 0.5) is 22.7 Å². The van der Waals surface area contributed by atoms with E-state index in [1.54, 1.807) is 51.1 Å². The van der Waals surface area contributed by atoms with Gasteiger partial charge in [0.2, 0.25) is 0 Å². The molecular formula is C43H46ClN7O13. The minimum atomic E-state index is -0.696. The number of rotatable bonds is 7.